The molecule has 186 valence electrons. The van der Waals surface area contributed by atoms with Crippen molar-refractivity contribution in [3.8, 4) is 0 Å². The van der Waals surface area contributed by atoms with Gasteiger partial charge in [0.25, 0.3) is 0 Å². The summed E-state index contributed by atoms with van der Waals surface area (Å²) in [6.45, 7) is 10.0. The van der Waals surface area contributed by atoms with Crippen molar-refractivity contribution in [2.45, 2.75) is 53.6 Å². The minimum absolute atomic E-state index is 0.213. The predicted octanol–water partition coefficient (Wildman–Crippen LogP) is 3.65. The number of anilines is 1. The predicted molar refractivity (Wildman–Crippen MR) is 137 cm³/mol. The molecule has 0 bridgehead atoms. The van der Waals surface area contributed by atoms with Crippen LogP contribution < -0.4 is 9.62 Å². The third-order valence-electron chi connectivity index (χ3n) is 5.67. The molecule has 0 fully saturated rings. The molecule has 0 aliphatic carbocycles. The fraction of sp³-hybridized carbons (Fsp3) is 0.462. The van der Waals surface area contributed by atoms with Crippen LogP contribution in [0.5, 0.6) is 0 Å². The Morgan fingerprint density at radius 1 is 1.00 bits per heavy atom. The number of sulfonamides is 1. The average molecular weight is 488 g/mol. The summed E-state index contributed by atoms with van der Waals surface area (Å²) in [7, 11) is -3.73. The Hall–Kier alpha value is -2.87. The molecule has 1 atom stereocenters. The highest BCUT2D eigenvalue weighted by atomic mass is 32.2. The molecule has 1 N–H and O–H groups in total. The van der Waals surface area contributed by atoms with Crippen molar-refractivity contribution >= 4 is 27.5 Å². The standard InChI is InChI=1S/C26H37N3O4S/c1-7-24(26(31)27-16-19(2)3)28(17-22-11-9-8-10-21(22)5)25(30)18-29(34(6,32)33)23-14-12-20(4)13-15-23/h8-15,19,24H,7,16-18H2,1-6H3,(H,27,31)/t24-/m0/s1. The Labute approximate surface area is 204 Å². The number of nitrogens with one attached hydrogen (secondary N) is 1. The van der Waals surface area contributed by atoms with Crippen LogP contribution in [-0.4, -0.2) is 50.5 Å². The van der Waals surface area contributed by atoms with E-state index in [0.29, 0.717) is 18.7 Å². The number of amides is 2. The molecule has 0 saturated carbocycles. The Bertz CT molecular complexity index is 1080. The number of hydrogen-bond acceptors (Lipinski definition) is 4. The lowest BCUT2D eigenvalue weighted by atomic mass is 10.1. The number of aryl methyl sites for hydroxylation is 2. The van der Waals surface area contributed by atoms with Crippen LogP contribution in [0.2, 0.25) is 0 Å². The van der Waals surface area contributed by atoms with Gasteiger partial charge in [-0.05, 0) is 49.4 Å². The van der Waals surface area contributed by atoms with Crippen molar-refractivity contribution in [3.05, 3.63) is 65.2 Å². The van der Waals surface area contributed by atoms with E-state index in [-0.39, 0.29) is 24.9 Å². The molecule has 0 radical (unpaired) electrons. The van der Waals surface area contributed by atoms with Crippen molar-refractivity contribution in [2.75, 3.05) is 23.7 Å². The van der Waals surface area contributed by atoms with Crippen molar-refractivity contribution in [1.29, 1.82) is 0 Å². The van der Waals surface area contributed by atoms with Crippen LogP contribution in [0.1, 0.15) is 43.9 Å². The minimum atomic E-state index is -3.73. The first kappa shape index (κ1) is 27.4. The highest BCUT2D eigenvalue weighted by Crippen LogP contribution is 2.21. The third kappa shape index (κ3) is 7.58. The number of rotatable bonds is 11. The Kier molecular flexibility index (Phi) is 9.67. The fourth-order valence-corrected chi connectivity index (χ4v) is 4.49. The summed E-state index contributed by atoms with van der Waals surface area (Å²) in [4.78, 5) is 28.2. The molecule has 0 unspecified atom stereocenters. The quantitative estimate of drug-likeness (QED) is 0.524. The molecule has 0 spiro atoms. The topological polar surface area (TPSA) is 86.8 Å². The fourth-order valence-electron chi connectivity index (χ4n) is 3.64. The summed E-state index contributed by atoms with van der Waals surface area (Å²) in [6.07, 6.45) is 1.49. The summed E-state index contributed by atoms with van der Waals surface area (Å²) in [5.41, 5.74) is 3.30. The maximum atomic E-state index is 13.6. The first-order valence-corrected chi connectivity index (χ1v) is 13.4. The van der Waals surface area contributed by atoms with Gasteiger partial charge >= 0.3 is 0 Å². The van der Waals surface area contributed by atoms with Gasteiger partial charge in [-0.25, -0.2) is 8.42 Å². The molecule has 8 heteroatoms. The Morgan fingerprint density at radius 3 is 2.15 bits per heavy atom. The van der Waals surface area contributed by atoms with Crippen LogP contribution in [0.15, 0.2) is 48.5 Å². The van der Waals surface area contributed by atoms with Crippen LogP contribution in [0.3, 0.4) is 0 Å². The number of benzene rings is 2. The molecule has 2 aromatic rings. The lowest BCUT2D eigenvalue weighted by Gasteiger charge is -2.33. The lowest BCUT2D eigenvalue weighted by molar-refractivity contribution is -0.140. The molecular weight excluding hydrogens is 450 g/mol. The van der Waals surface area contributed by atoms with Crippen LogP contribution in [0, 0.1) is 19.8 Å². The first-order valence-electron chi connectivity index (χ1n) is 11.6. The number of carbonyl (C=O) groups is 2. The molecule has 2 amide bonds. The molecule has 2 rings (SSSR count). The third-order valence-corrected chi connectivity index (χ3v) is 6.81. The zero-order chi connectivity index (χ0) is 25.5. The minimum Gasteiger partial charge on any atom is -0.354 e. The zero-order valence-electron chi connectivity index (χ0n) is 21.0. The largest absolute Gasteiger partial charge is 0.354 e. The summed E-state index contributed by atoms with van der Waals surface area (Å²) in [6, 6.07) is 13.9. The van der Waals surface area contributed by atoms with E-state index in [1.807, 2.05) is 58.9 Å². The van der Waals surface area contributed by atoms with Gasteiger partial charge in [0.05, 0.1) is 11.9 Å². The van der Waals surface area contributed by atoms with Crippen LogP contribution in [0.4, 0.5) is 5.69 Å². The molecule has 0 saturated heterocycles. The molecule has 0 aliphatic rings. The van der Waals surface area contributed by atoms with E-state index in [2.05, 4.69) is 5.32 Å². The highest BCUT2D eigenvalue weighted by molar-refractivity contribution is 7.92. The van der Waals surface area contributed by atoms with Gasteiger partial charge < -0.3 is 10.2 Å². The molecular formula is C26H37N3O4S. The van der Waals surface area contributed by atoms with E-state index >= 15 is 0 Å². The summed E-state index contributed by atoms with van der Waals surface area (Å²) in [5, 5.41) is 2.93. The second-order valence-electron chi connectivity index (χ2n) is 9.12. The highest BCUT2D eigenvalue weighted by Gasteiger charge is 2.31. The second-order valence-corrected chi connectivity index (χ2v) is 11.0. The van der Waals surface area contributed by atoms with Gasteiger partial charge in [0.15, 0.2) is 0 Å². The van der Waals surface area contributed by atoms with Gasteiger partial charge in [0.2, 0.25) is 21.8 Å². The van der Waals surface area contributed by atoms with Gasteiger partial charge in [0, 0.05) is 13.1 Å². The van der Waals surface area contributed by atoms with E-state index in [1.54, 1.807) is 24.3 Å². The second kappa shape index (κ2) is 12.0. The summed E-state index contributed by atoms with van der Waals surface area (Å²) < 4.78 is 26.3. The van der Waals surface area contributed by atoms with Crippen LogP contribution >= 0.6 is 0 Å². The Balaban J connectivity index is 2.42. The average Bonchev–Trinajstić information content (AvgIpc) is 2.77. The summed E-state index contributed by atoms with van der Waals surface area (Å²) >= 11 is 0. The first-order chi connectivity index (χ1) is 15.9. The molecule has 0 heterocycles. The lowest BCUT2D eigenvalue weighted by Crippen LogP contribution is -2.52. The molecule has 2 aromatic carbocycles. The zero-order valence-corrected chi connectivity index (χ0v) is 21.9. The Morgan fingerprint density at radius 2 is 1.62 bits per heavy atom. The number of nitrogens with zero attached hydrogens (tertiary/aromatic N) is 2. The smallest absolute Gasteiger partial charge is 0.244 e. The molecule has 0 aliphatic heterocycles. The van der Waals surface area contributed by atoms with Gasteiger partial charge in [-0.1, -0.05) is 62.7 Å². The van der Waals surface area contributed by atoms with Gasteiger partial charge in [-0.2, -0.15) is 0 Å². The van der Waals surface area contributed by atoms with E-state index in [1.165, 1.54) is 4.90 Å². The number of hydrogen-bond donors (Lipinski definition) is 1. The van der Waals surface area contributed by atoms with Crippen molar-refractivity contribution < 1.29 is 18.0 Å². The van der Waals surface area contributed by atoms with Crippen molar-refractivity contribution in [2.24, 2.45) is 5.92 Å². The van der Waals surface area contributed by atoms with E-state index < -0.39 is 22.0 Å². The normalized spacial score (nSPS) is 12.3. The van der Waals surface area contributed by atoms with Gasteiger partial charge in [-0.15, -0.1) is 0 Å². The van der Waals surface area contributed by atoms with Crippen molar-refractivity contribution in [3.63, 3.8) is 0 Å². The monoisotopic (exact) mass is 487 g/mol. The summed E-state index contributed by atoms with van der Waals surface area (Å²) in [5.74, 6) is -0.399. The van der Waals surface area contributed by atoms with Gasteiger partial charge in [-0.3, -0.25) is 13.9 Å². The molecule has 34 heavy (non-hydrogen) atoms. The van der Waals surface area contributed by atoms with Crippen LogP contribution in [0.25, 0.3) is 0 Å². The van der Waals surface area contributed by atoms with Crippen molar-refractivity contribution in [1.82, 2.24) is 10.2 Å². The van der Waals surface area contributed by atoms with E-state index in [0.717, 1.165) is 27.3 Å². The maximum Gasteiger partial charge on any atom is 0.244 e. The van der Waals surface area contributed by atoms with E-state index in [4.69, 9.17) is 0 Å². The van der Waals surface area contributed by atoms with Gasteiger partial charge in [0.1, 0.15) is 12.6 Å². The maximum absolute atomic E-state index is 13.6. The van der Waals surface area contributed by atoms with Crippen LogP contribution in [-0.2, 0) is 26.2 Å². The van der Waals surface area contributed by atoms with E-state index in [9.17, 15) is 18.0 Å². The SMILES string of the molecule is CC[C@@H](C(=O)NCC(C)C)N(Cc1ccccc1C)C(=O)CN(c1ccc(C)cc1)S(C)(=O)=O. The molecule has 0 aromatic heterocycles. The molecule has 7 nitrogen and oxygen atoms in total. The number of carbonyl (C=O) groups excluding carboxylic acids is 2.